The maximum absolute atomic E-state index is 9.10. The normalized spacial score (nSPS) is 14.2. The van der Waals surface area contributed by atoms with E-state index in [4.69, 9.17) is 19.8 Å². The Labute approximate surface area is 158 Å². The first-order valence-electron chi connectivity index (χ1n) is 8.77. The van der Waals surface area contributed by atoms with Crippen LogP contribution in [0, 0.1) is 13.8 Å². The molecule has 0 aliphatic carbocycles. The number of hydrogen-bond donors (Lipinski definition) is 2. The highest BCUT2D eigenvalue weighted by Gasteiger charge is 2.18. The molecule has 1 saturated heterocycles. The average Bonchev–Trinajstić information content (AvgIpc) is 2.66. The summed E-state index contributed by atoms with van der Waals surface area (Å²) < 4.78 is 0. The van der Waals surface area contributed by atoms with E-state index in [0.717, 1.165) is 32.7 Å². The largest absolute Gasteiger partial charge is 0.473 e. The second kappa shape index (κ2) is 9.68. The van der Waals surface area contributed by atoms with E-state index in [2.05, 4.69) is 52.9 Å². The molecule has 0 atom stereocenters. The molecule has 0 unspecified atom stereocenters. The minimum atomic E-state index is -1.82. The molecule has 0 radical (unpaired) electrons. The molecule has 144 valence electrons. The van der Waals surface area contributed by atoms with Gasteiger partial charge in [0.2, 0.25) is 0 Å². The zero-order valence-corrected chi connectivity index (χ0v) is 15.6. The monoisotopic (exact) mass is 371 g/mol. The highest BCUT2D eigenvalue weighted by Crippen LogP contribution is 2.24. The summed E-state index contributed by atoms with van der Waals surface area (Å²) in [6.07, 6.45) is 3.80. The van der Waals surface area contributed by atoms with Crippen LogP contribution in [-0.2, 0) is 16.1 Å². The number of piperazine rings is 1. The van der Waals surface area contributed by atoms with Gasteiger partial charge in [-0.15, -0.1) is 0 Å². The third-order valence-electron chi connectivity index (χ3n) is 4.60. The predicted molar refractivity (Wildman–Crippen MR) is 103 cm³/mol. The number of carbonyl (C=O) groups is 2. The number of aromatic nitrogens is 1. The van der Waals surface area contributed by atoms with E-state index in [1.165, 1.54) is 22.4 Å². The summed E-state index contributed by atoms with van der Waals surface area (Å²) in [5.41, 5.74) is 5.50. The molecule has 1 aliphatic rings. The van der Waals surface area contributed by atoms with Crippen molar-refractivity contribution in [2.24, 2.45) is 0 Å². The first-order chi connectivity index (χ1) is 12.9. The molecule has 3 rings (SSSR count). The molecule has 2 aromatic rings. The molecule has 1 fully saturated rings. The molecule has 0 bridgehead atoms. The fraction of sp³-hybridized carbons (Fsp3) is 0.350. The van der Waals surface area contributed by atoms with Crippen molar-refractivity contribution in [1.29, 1.82) is 0 Å². The summed E-state index contributed by atoms with van der Waals surface area (Å²) in [6.45, 7) is 9.86. The van der Waals surface area contributed by atoms with Crippen LogP contribution >= 0.6 is 0 Å². The molecule has 0 amide bonds. The number of anilines is 1. The number of carboxylic acids is 2. The highest BCUT2D eigenvalue weighted by atomic mass is 16.4. The predicted octanol–water partition coefficient (Wildman–Crippen LogP) is 2.18. The Kier molecular flexibility index (Phi) is 7.31. The Hall–Kier alpha value is -2.93. The van der Waals surface area contributed by atoms with Crippen molar-refractivity contribution in [3.63, 3.8) is 0 Å². The van der Waals surface area contributed by atoms with E-state index in [1.807, 2.05) is 18.5 Å². The van der Waals surface area contributed by atoms with E-state index >= 15 is 0 Å². The van der Waals surface area contributed by atoms with E-state index in [-0.39, 0.29) is 0 Å². The van der Waals surface area contributed by atoms with E-state index in [0.29, 0.717) is 0 Å². The third kappa shape index (κ3) is 6.07. The van der Waals surface area contributed by atoms with Crippen LogP contribution < -0.4 is 4.90 Å². The minimum absolute atomic E-state index is 1.01. The van der Waals surface area contributed by atoms with Crippen LogP contribution in [0.5, 0.6) is 0 Å². The van der Waals surface area contributed by atoms with Gasteiger partial charge < -0.3 is 15.1 Å². The molecule has 0 saturated carbocycles. The van der Waals surface area contributed by atoms with Crippen LogP contribution in [0.2, 0.25) is 0 Å². The van der Waals surface area contributed by atoms with Crippen molar-refractivity contribution in [1.82, 2.24) is 9.88 Å². The number of rotatable bonds is 3. The highest BCUT2D eigenvalue weighted by molar-refractivity contribution is 6.27. The summed E-state index contributed by atoms with van der Waals surface area (Å²) in [5.74, 6) is -3.65. The van der Waals surface area contributed by atoms with Gasteiger partial charge in [0.15, 0.2) is 0 Å². The zero-order chi connectivity index (χ0) is 19.8. The maximum Gasteiger partial charge on any atom is 0.414 e. The fourth-order valence-corrected chi connectivity index (χ4v) is 2.97. The van der Waals surface area contributed by atoms with Gasteiger partial charge in [-0.05, 0) is 42.7 Å². The summed E-state index contributed by atoms with van der Waals surface area (Å²) in [4.78, 5) is 27.4. The van der Waals surface area contributed by atoms with E-state index < -0.39 is 11.9 Å². The molecule has 0 spiro atoms. The van der Waals surface area contributed by atoms with Gasteiger partial charge in [-0.2, -0.15) is 0 Å². The third-order valence-corrected chi connectivity index (χ3v) is 4.60. The fourth-order valence-electron chi connectivity index (χ4n) is 2.97. The lowest BCUT2D eigenvalue weighted by Gasteiger charge is -2.37. The van der Waals surface area contributed by atoms with Crippen molar-refractivity contribution in [3.8, 4) is 0 Å². The van der Waals surface area contributed by atoms with Gasteiger partial charge in [0.25, 0.3) is 0 Å². The van der Waals surface area contributed by atoms with Crippen molar-refractivity contribution < 1.29 is 19.8 Å². The summed E-state index contributed by atoms with van der Waals surface area (Å²) in [7, 11) is 0. The molecular formula is C20H25N3O4. The second-order valence-electron chi connectivity index (χ2n) is 6.45. The number of carboxylic acid groups (broad SMARTS) is 2. The molecule has 7 nitrogen and oxygen atoms in total. The summed E-state index contributed by atoms with van der Waals surface area (Å²) in [6, 6.07) is 10.8. The van der Waals surface area contributed by atoms with Crippen LogP contribution in [0.1, 0.15) is 16.7 Å². The van der Waals surface area contributed by atoms with Crippen LogP contribution in [0.4, 0.5) is 5.69 Å². The van der Waals surface area contributed by atoms with Gasteiger partial charge in [-0.3, -0.25) is 9.88 Å². The zero-order valence-electron chi connectivity index (χ0n) is 15.6. The Morgan fingerprint density at radius 1 is 1.00 bits per heavy atom. The number of aryl methyl sites for hydroxylation is 1. The van der Waals surface area contributed by atoms with Crippen LogP contribution in [-0.4, -0.2) is 58.2 Å². The molecular weight excluding hydrogens is 346 g/mol. The summed E-state index contributed by atoms with van der Waals surface area (Å²) in [5, 5.41) is 14.8. The number of hydrogen-bond acceptors (Lipinski definition) is 5. The quantitative estimate of drug-likeness (QED) is 0.799. The number of pyridine rings is 1. The topological polar surface area (TPSA) is 94.0 Å². The molecule has 1 aliphatic heterocycles. The molecule has 27 heavy (non-hydrogen) atoms. The smallest absolute Gasteiger partial charge is 0.414 e. The van der Waals surface area contributed by atoms with Crippen molar-refractivity contribution in [2.75, 3.05) is 31.1 Å². The first-order valence-corrected chi connectivity index (χ1v) is 8.77. The summed E-state index contributed by atoms with van der Waals surface area (Å²) >= 11 is 0. The lowest BCUT2D eigenvalue weighted by atomic mass is 10.1. The van der Waals surface area contributed by atoms with Crippen molar-refractivity contribution >= 4 is 17.6 Å². The van der Waals surface area contributed by atoms with Crippen molar-refractivity contribution in [3.05, 3.63) is 59.4 Å². The van der Waals surface area contributed by atoms with Gasteiger partial charge >= 0.3 is 11.9 Å². The average molecular weight is 371 g/mol. The minimum Gasteiger partial charge on any atom is -0.473 e. The second-order valence-corrected chi connectivity index (χ2v) is 6.45. The van der Waals surface area contributed by atoms with Crippen molar-refractivity contribution in [2.45, 2.75) is 20.4 Å². The van der Waals surface area contributed by atoms with Crippen LogP contribution in [0.15, 0.2) is 42.7 Å². The number of nitrogens with zero attached hydrogens (tertiary/aromatic N) is 3. The SMILES string of the molecule is Cc1cccc(N2CCN(Cc3cccnc3)CC2)c1C.O=C(O)C(=O)O. The van der Waals surface area contributed by atoms with Crippen LogP contribution in [0.3, 0.4) is 0 Å². The van der Waals surface area contributed by atoms with Gasteiger partial charge in [-0.1, -0.05) is 18.2 Å². The Bertz CT molecular complexity index is 760. The Balaban J connectivity index is 0.000000380. The molecule has 2 heterocycles. The van der Waals surface area contributed by atoms with Crippen LogP contribution in [0.25, 0.3) is 0 Å². The molecule has 2 N–H and O–H groups in total. The Morgan fingerprint density at radius 3 is 2.22 bits per heavy atom. The van der Waals surface area contributed by atoms with E-state index in [1.54, 1.807) is 0 Å². The standard InChI is InChI=1S/C18H23N3.C2H2O4/c1-15-5-3-7-18(16(15)2)21-11-9-20(10-12-21)14-17-6-4-8-19-13-17;3-1(4)2(5)6/h3-8,13H,9-12,14H2,1-2H3;(H,3,4)(H,5,6). The molecule has 1 aromatic heterocycles. The van der Waals surface area contributed by atoms with Gasteiger partial charge in [0.1, 0.15) is 0 Å². The lowest BCUT2D eigenvalue weighted by Crippen LogP contribution is -2.46. The first kappa shape index (κ1) is 20.4. The molecule has 1 aromatic carbocycles. The van der Waals surface area contributed by atoms with Gasteiger partial charge in [0, 0.05) is 50.8 Å². The maximum atomic E-state index is 9.10. The van der Waals surface area contributed by atoms with E-state index in [9.17, 15) is 0 Å². The number of aliphatic carboxylic acids is 2. The van der Waals surface area contributed by atoms with Gasteiger partial charge in [0.05, 0.1) is 0 Å². The Morgan fingerprint density at radius 2 is 1.67 bits per heavy atom. The molecule has 7 heteroatoms. The number of benzene rings is 1. The lowest BCUT2D eigenvalue weighted by molar-refractivity contribution is -0.159. The van der Waals surface area contributed by atoms with Gasteiger partial charge in [-0.25, -0.2) is 9.59 Å².